The monoisotopic (exact) mass is 527 g/mol. The van der Waals surface area contributed by atoms with Crippen LogP contribution in [0.5, 0.6) is 0 Å². The zero-order valence-corrected chi connectivity index (χ0v) is 20.3. The second-order valence-corrected chi connectivity index (χ2v) is 9.30. The van der Waals surface area contributed by atoms with Gasteiger partial charge in [-0.3, -0.25) is 9.49 Å². The number of aromatic nitrogens is 3. The Morgan fingerprint density at radius 2 is 1.76 bits per heavy atom. The average molecular weight is 528 g/mol. The van der Waals surface area contributed by atoms with Gasteiger partial charge >= 0.3 is 0 Å². The van der Waals surface area contributed by atoms with Gasteiger partial charge in [0.15, 0.2) is 6.17 Å². The van der Waals surface area contributed by atoms with E-state index in [2.05, 4.69) is 25.4 Å². The molecule has 1 aliphatic heterocycles. The van der Waals surface area contributed by atoms with Gasteiger partial charge in [0.2, 0.25) is 5.95 Å². The van der Waals surface area contributed by atoms with Gasteiger partial charge in [0, 0.05) is 49.4 Å². The summed E-state index contributed by atoms with van der Waals surface area (Å²) in [5.41, 5.74) is 1.36. The molecule has 0 spiro atoms. The summed E-state index contributed by atoms with van der Waals surface area (Å²) in [5.74, 6) is -0.0107. The fraction of sp³-hybridized carbons (Fsp3) is 0.286. The van der Waals surface area contributed by atoms with Gasteiger partial charge in [0.05, 0.1) is 17.6 Å². The number of hydrogen-bond acceptors (Lipinski definition) is 4. The Kier molecular flexibility index (Phi) is 7.69. The van der Waals surface area contributed by atoms with Crippen molar-refractivity contribution in [1.29, 1.82) is 0 Å². The van der Waals surface area contributed by atoms with E-state index in [1.807, 2.05) is 0 Å². The third-order valence-electron chi connectivity index (χ3n) is 6.68. The summed E-state index contributed by atoms with van der Waals surface area (Å²) in [5, 5.41) is 9.49. The third-order valence-corrected chi connectivity index (χ3v) is 6.68. The number of H-pyrrole nitrogens is 1. The maximum absolute atomic E-state index is 15.3. The first-order chi connectivity index (χ1) is 18.4. The van der Waals surface area contributed by atoms with E-state index in [-0.39, 0.29) is 34.7 Å². The number of allylic oxidation sites excluding steroid dienone is 1. The van der Waals surface area contributed by atoms with Gasteiger partial charge in [-0.05, 0) is 41.0 Å². The summed E-state index contributed by atoms with van der Waals surface area (Å²) < 4.78 is 69.9. The van der Waals surface area contributed by atoms with Gasteiger partial charge in [0.25, 0.3) is 6.43 Å². The van der Waals surface area contributed by atoms with Crippen LogP contribution in [0.25, 0.3) is 22.0 Å². The molecule has 0 bridgehead atoms. The van der Waals surface area contributed by atoms with Crippen molar-refractivity contribution in [1.82, 2.24) is 20.1 Å². The maximum Gasteiger partial charge on any atom is 0.273 e. The minimum atomic E-state index is -3.28. The molecular formula is C28H26F5N5. The molecule has 4 aromatic rings. The minimum absolute atomic E-state index is 0.110. The van der Waals surface area contributed by atoms with E-state index < -0.39 is 18.5 Å². The summed E-state index contributed by atoms with van der Waals surface area (Å²) >= 11 is 0. The van der Waals surface area contributed by atoms with Crippen molar-refractivity contribution in [2.75, 3.05) is 38.2 Å². The van der Waals surface area contributed by atoms with Gasteiger partial charge in [-0.1, -0.05) is 36.4 Å². The number of rotatable bonds is 10. The molecule has 198 valence electrons. The highest BCUT2D eigenvalue weighted by molar-refractivity contribution is 6.01. The Morgan fingerprint density at radius 1 is 1.00 bits per heavy atom. The van der Waals surface area contributed by atoms with E-state index in [1.54, 1.807) is 54.6 Å². The summed E-state index contributed by atoms with van der Waals surface area (Å²) in [6, 6.07) is 16.1. The smallest absolute Gasteiger partial charge is 0.273 e. The van der Waals surface area contributed by atoms with Gasteiger partial charge in [-0.25, -0.2) is 18.2 Å². The second-order valence-electron chi connectivity index (χ2n) is 9.30. The minimum Gasteiger partial charge on any atom is -0.369 e. The Labute approximate surface area is 216 Å². The fourth-order valence-corrected chi connectivity index (χ4v) is 4.74. The van der Waals surface area contributed by atoms with E-state index in [4.69, 9.17) is 0 Å². The van der Waals surface area contributed by atoms with Crippen LogP contribution >= 0.6 is 0 Å². The number of likely N-dealkylation sites (tertiary alicyclic amines) is 1. The van der Waals surface area contributed by atoms with Crippen LogP contribution in [0.3, 0.4) is 0 Å². The molecule has 0 radical (unpaired) electrons. The normalized spacial score (nSPS) is 15.9. The molecule has 1 fully saturated rings. The van der Waals surface area contributed by atoms with Crippen LogP contribution in [0.15, 0.2) is 66.9 Å². The van der Waals surface area contributed by atoms with Crippen LogP contribution in [-0.4, -0.2) is 65.5 Å². The Hall–Kier alpha value is -3.79. The number of anilines is 1. The molecule has 5 rings (SSSR count). The highest BCUT2D eigenvalue weighted by Crippen LogP contribution is 2.38. The number of halogens is 5. The van der Waals surface area contributed by atoms with E-state index in [1.165, 1.54) is 12.3 Å². The van der Waals surface area contributed by atoms with Crippen molar-refractivity contribution in [3.63, 3.8) is 0 Å². The van der Waals surface area contributed by atoms with Crippen molar-refractivity contribution in [2.45, 2.75) is 12.6 Å². The van der Waals surface area contributed by atoms with Crippen LogP contribution in [0.1, 0.15) is 16.7 Å². The van der Waals surface area contributed by atoms with Crippen LogP contribution in [0.4, 0.5) is 27.8 Å². The van der Waals surface area contributed by atoms with Gasteiger partial charge in [-0.2, -0.15) is 9.49 Å². The number of hydrogen-bond donors (Lipinski definition) is 2. The molecule has 2 N–H and O–H groups in total. The number of benzene rings is 2. The molecule has 5 nitrogen and oxygen atoms in total. The van der Waals surface area contributed by atoms with Crippen molar-refractivity contribution < 1.29 is 22.0 Å². The molecule has 0 aliphatic carbocycles. The lowest BCUT2D eigenvalue weighted by atomic mass is 9.87. The lowest BCUT2D eigenvalue weighted by molar-refractivity contribution is 0.0801. The van der Waals surface area contributed by atoms with Crippen molar-refractivity contribution in [2.24, 2.45) is 5.92 Å². The molecule has 1 aliphatic rings. The number of pyridine rings is 1. The lowest BCUT2D eigenvalue weighted by Crippen LogP contribution is -2.49. The van der Waals surface area contributed by atoms with Gasteiger partial charge in [0.1, 0.15) is 5.82 Å². The fourth-order valence-electron chi connectivity index (χ4n) is 4.74. The largest absolute Gasteiger partial charge is 0.369 e. The summed E-state index contributed by atoms with van der Waals surface area (Å²) in [6.07, 6.45) is -4.39. The second kappa shape index (κ2) is 11.3. The highest BCUT2D eigenvalue weighted by Gasteiger charge is 2.30. The van der Waals surface area contributed by atoms with E-state index in [0.29, 0.717) is 29.0 Å². The highest BCUT2D eigenvalue weighted by atomic mass is 19.3. The maximum atomic E-state index is 15.3. The first kappa shape index (κ1) is 25.8. The van der Waals surface area contributed by atoms with Crippen molar-refractivity contribution in [3.05, 3.63) is 89.5 Å². The van der Waals surface area contributed by atoms with Gasteiger partial charge < -0.3 is 10.2 Å². The molecular weight excluding hydrogens is 501 g/mol. The molecule has 2 aromatic heterocycles. The molecule has 1 saturated heterocycles. The van der Waals surface area contributed by atoms with E-state index in [0.717, 1.165) is 19.6 Å². The number of nitrogens with one attached hydrogen (secondary N) is 2. The zero-order chi connectivity index (χ0) is 26.6. The average Bonchev–Trinajstić information content (AvgIpc) is 3.29. The van der Waals surface area contributed by atoms with Crippen molar-refractivity contribution >= 4 is 27.9 Å². The molecule has 10 heteroatoms. The molecule has 1 unspecified atom stereocenters. The topological polar surface area (TPSA) is 56.8 Å². The van der Waals surface area contributed by atoms with E-state index in [9.17, 15) is 17.6 Å². The zero-order valence-electron chi connectivity index (χ0n) is 20.3. The molecule has 0 amide bonds. The summed E-state index contributed by atoms with van der Waals surface area (Å²) in [4.78, 5) is 6.56. The predicted molar refractivity (Wildman–Crippen MR) is 138 cm³/mol. The number of aromatic amines is 1. The summed E-state index contributed by atoms with van der Waals surface area (Å²) in [7, 11) is 0. The first-order valence-corrected chi connectivity index (χ1v) is 12.3. The van der Waals surface area contributed by atoms with Crippen LogP contribution < -0.4 is 5.32 Å². The Morgan fingerprint density at radius 3 is 2.45 bits per heavy atom. The molecule has 2 aromatic carbocycles. The quantitative estimate of drug-likeness (QED) is 0.197. The van der Waals surface area contributed by atoms with Crippen molar-refractivity contribution in [3.8, 4) is 0 Å². The van der Waals surface area contributed by atoms with Crippen LogP contribution in [0, 0.1) is 11.9 Å². The molecule has 1 atom stereocenters. The Balaban J connectivity index is 1.52. The first-order valence-electron chi connectivity index (χ1n) is 12.3. The number of alkyl halides is 4. The standard InChI is InChI=1S/C28H26F5N5/c29-13-17-15-38(16-17)11-10-34-23-9-7-20(14-35-23)24(19-6-8-22-21(12-19)28(33)37-36-22)25(26(30)27(31)32)18-4-2-1-3-5-18/h1-9,12,14,17,26-27H,10-11,13,15-16H2,(H,34,35)(H,36,37). The third kappa shape index (κ3) is 5.40. The molecule has 0 saturated carbocycles. The number of nitrogens with zero attached hydrogens (tertiary/aromatic N) is 3. The van der Waals surface area contributed by atoms with Crippen LogP contribution in [0.2, 0.25) is 0 Å². The lowest BCUT2D eigenvalue weighted by Gasteiger charge is -2.37. The van der Waals surface area contributed by atoms with Crippen LogP contribution in [-0.2, 0) is 0 Å². The Bertz CT molecular complexity index is 1400. The molecule has 38 heavy (non-hydrogen) atoms. The summed E-state index contributed by atoms with van der Waals surface area (Å²) in [6.45, 7) is 2.49. The number of fused-ring (bicyclic) bond motifs is 1. The molecule has 3 heterocycles. The SMILES string of the molecule is FCC1CN(CCNc2ccc(C(=C(c3ccccc3)C(F)C(F)F)c3ccc4n[nH]c(F)c4c3)cn2)C1. The van der Waals surface area contributed by atoms with E-state index >= 15 is 4.39 Å². The predicted octanol–water partition coefficient (Wildman–Crippen LogP) is 5.97. The van der Waals surface area contributed by atoms with Gasteiger partial charge in [-0.15, -0.1) is 0 Å².